The van der Waals surface area contributed by atoms with Gasteiger partial charge in [-0.1, -0.05) is 48.8 Å². The Bertz CT molecular complexity index is 582. The van der Waals surface area contributed by atoms with Gasteiger partial charge in [-0.05, 0) is 52.4 Å². The summed E-state index contributed by atoms with van der Waals surface area (Å²) in [4.78, 5) is 11.7. The van der Waals surface area contributed by atoms with Crippen LogP contribution in [-0.2, 0) is 14.3 Å². The van der Waals surface area contributed by atoms with Crippen molar-refractivity contribution in [2.45, 2.75) is 91.5 Å². The third kappa shape index (κ3) is 5.57. The van der Waals surface area contributed by atoms with Crippen LogP contribution in [0.4, 0.5) is 0 Å². The Balaban J connectivity index is 2.30. The Morgan fingerprint density at radius 3 is 2.60 bits per heavy atom. The minimum atomic E-state index is -0.358. The van der Waals surface area contributed by atoms with E-state index in [2.05, 4.69) is 52.8 Å². The van der Waals surface area contributed by atoms with E-state index in [1.54, 1.807) is 0 Å². The van der Waals surface area contributed by atoms with Crippen molar-refractivity contribution in [1.82, 2.24) is 0 Å². The van der Waals surface area contributed by atoms with E-state index in [1.165, 1.54) is 23.6 Å². The lowest BCUT2D eigenvalue weighted by Crippen LogP contribution is -2.34. The second-order valence-electron chi connectivity index (χ2n) is 8.13. The van der Waals surface area contributed by atoms with E-state index in [-0.39, 0.29) is 23.8 Å². The van der Waals surface area contributed by atoms with Crippen LogP contribution in [0.1, 0.15) is 73.6 Å². The number of allylic oxidation sites excluding steroid dienone is 5. The summed E-state index contributed by atoms with van der Waals surface area (Å²) in [7, 11) is 0. The number of esters is 1. The molecule has 0 bridgehead atoms. The van der Waals surface area contributed by atoms with Crippen LogP contribution in [0.15, 0.2) is 34.9 Å². The van der Waals surface area contributed by atoms with Gasteiger partial charge in [0, 0.05) is 13.3 Å². The average molecular weight is 347 g/mol. The molecule has 0 aromatic heterocycles. The molecule has 3 heteroatoms. The van der Waals surface area contributed by atoms with Crippen molar-refractivity contribution < 1.29 is 14.3 Å². The molecule has 0 aromatic carbocycles. The van der Waals surface area contributed by atoms with Gasteiger partial charge < -0.3 is 9.47 Å². The second-order valence-corrected chi connectivity index (χ2v) is 8.13. The monoisotopic (exact) mass is 346 g/mol. The Kier molecular flexibility index (Phi) is 6.67. The number of ether oxygens (including phenoxy) is 2. The predicted molar refractivity (Wildman–Crippen MR) is 102 cm³/mol. The lowest BCUT2D eigenvalue weighted by Gasteiger charge is -2.24. The van der Waals surface area contributed by atoms with Gasteiger partial charge in [0.25, 0.3) is 0 Å². The molecule has 1 aliphatic heterocycles. The first kappa shape index (κ1) is 20.0. The molecule has 25 heavy (non-hydrogen) atoms. The molecular formula is C22H34O3. The lowest BCUT2D eigenvalue weighted by molar-refractivity contribution is -0.149. The highest BCUT2D eigenvalue weighted by Gasteiger charge is 2.58. The van der Waals surface area contributed by atoms with Crippen LogP contribution in [-0.4, -0.2) is 23.8 Å². The Morgan fingerprint density at radius 2 is 1.96 bits per heavy atom. The highest BCUT2D eigenvalue weighted by atomic mass is 16.6. The molecular weight excluding hydrogens is 312 g/mol. The molecule has 2 rings (SSSR count). The van der Waals surface area contributed by atoms with E-state index in [4.69, 9.17) is 9.47 Å². The van der Waals surface area contributed by atoms with E-state index in [0.29, 0.717) is 5.92 Å². The number of rotatable bonds is 2. The highest BCUT2D eigenvalue weighted by Crippen LogP contribution is 2.46. The first-order chi connectivity index (χ1) is 11.7. The van der Waals surface area contributed by atoms with E-state index in [0.717, 1.165) is 32.1 Å². The van der Waals surface area contributed by atoms with E-state index >= 15 is 0 Å². The number of carbonyl (C=O) groups is 1. The van der Waals surface area contributed by atoms with Crippen LogP contribution in [0, 0.1) is 5.92 Å². The van der Waals surface area contributed by atoms with Gasteiger partial charge in [-0.3, -0.25) is 4.79 Å². The summed E-state index contributed by atoms with van der Waals surface area (Å²) in [5, 5.41) is 0. The molecule has 0 N–H and O–H groups in total. The first-order valence-electron chi connectivity index (χ1n) is 9.59. The van der Waals surface area contributed by atoms with Gasteiger partial charge in [0.1, 0.15) is 11.7 Å². The summed E-state index contributed by atoms with van der Waals surface area (Å²) in [5.74, 6) is 0.186. The molecule has 1 aliphatic carbocycles. The fourth-order valence-electron chi connectivity index (χ4n) is 3.51. The molecule has 2 aliphatic rings. The normalized spacial score (nSPS) is 37.5. The fraction of sp³-hybridized carbons (Fsp3) is 0.682. The number of epoxide rings is 1. The maximum atomic E-state index is 11.7. The van der Waals surface area contributed by atoms with Gasteiger partial charge in [-0.15, -0.1) is 0 Å². The third-order valence-electron chi connectivity index (χ3n) is 5.50. The number of fused-ring (bicyclic) bond motifs is 1. The first-order valence-corrected chi connectivity index (χ1v) is 9.59. The fourth-order valence-corrected chi connectivity index (χ4v) is 3.51. The van der Waals surface area contributed by atoms with Crippen LogP contribution < -0.4 is 0 Å². The van der Waals surface area contributed by atoms with Gasteiger partial charge in [0.15, 0.2) is 0 Å². The molecule has 1 heterocycles. The van der Waals surface area contributed by atoms with Crippen LogP contribution in [0.2, 0.25) is 0 Å². The molecule has 140 valence electrons. The molecule has 1 saturated heterocycles. The Labute approximate surface area is 153 Å². The van der Waals surface area contributed by atoms with E-state index in [9.17, 15) is 4.79 Å². The summed E-state index contributed by atoms with van der Waals surface area (Å²) >= 11 is 0. The summed E-state index contributed by atoms with van der Waals surface area (Å²) in [6.45, 7) is 12.4. The quantitative estimate of drug-likeness (QED) is 0.376. The van der Waals surface area contributed by atoms with Gasteiger partial charge in [0.05, 0.1) is 6.10 Å². The molecule has 3 nitrogen and oxygen atoms in total. The predicted octanol–water partition coefficient (Wildman–Crippen LogP) is 5.51. The van der Waals surface area contributed by atoms with Crippen molar-refractivity contribution in [2.24, 2.45) is 5.92 Å². The van der Waals surface area contributed by atoms with Gasteiger partial charge in [0.2, 0.25) is 0 Å². The maximum absolute atomic E-state index is 11.7. The smallest absolute Gasteiger partial charge is 0.303 e. The molecule has 0 spiro atoms. The maximum Gasteiger partial charge on any atom is 0.303 e. The number of carbonyl (C=O) groups excluding carboxylic acids is 1. The van der Waals surface area contributed by atoms with Gasteiger partial charge in [-0.25, -0.2) is 0 Å². The van der Waals surface area contributed by atoms with Crippen molar-refractivity contribution in [3.8, 4) is 0 Å². The van der Waals surface area contributed by atoms with E-state index in [1.807, 2.05) is 0 Å². The third-order valence-corrected chi connectivity index (χ3v) is 5.50. The van der Waals surface area contributed by atoms with Crippen molar-refractivity contribution in [3.63, 3.8) is 0 Å². The summed E-state index contributed by atoms with van der Waals surface area (Å²) in [5.41, 5.74) is 3.76. The molecule has 0 amide bonds. The number of hydrogen-bond donors (Lipinski definition) is 0. The summed E-state index contributed by atoms with van der Waals surface area (Å²) < 4.78 is 11.7. The Hall–Kier alpha value is -1.35. The molecule has 0 saturated carbocycles. The topological polar surface area (TPSA) is 38.8 Å². The minimum absolute atomic E-state index is 0.175. The van der Waals surface area contributed by atoms with Crippen molar-refractivity contribution in [3.05, 3.63) is 34.9 Å². The van der Waals surface area contributed by atoms with Gasteiger partial charge >= 0.3 is 5.97 Å². The number of hydrogen-bond acceptors (Lipinski definition) is 3. The molecule has 3 atom stereocenters. The zero-order valence-corrected chi connectivity index (χ0v) is 16.7. The molecule has 1 fully saturated rings. The van der Waals surface area contributed by atoms with Gasteiger partial charge in [-0.2, -0.15) is 0 Å². The average Bonchev–Trinajstić information content (AvgIpc) is 3.18. The molecule has 0 radical (unpaired) electrons. The van der Waals surface area contributed by atoms with E-state index < -0.39 is 0 Å². The summed E-state index contributed by atoms with van der Waals surface area (Å²) in [6, 6.07) is 0. The standard InChI is InChI=1S/C22H34O3/c1-15(2)19-12-10-16(3)8-7-9-17(4)11-13-20-22(6,25-20)21(14-19)24-18(5)23/h9-10,12,15,20-21H,7-8,11,13-14H2,1-6H3/b16-10+,17-9+,19-12+/t20-,21+,22+/m0/s1. The Morgan fingerprint density at radius 1 is 1.24 bits per heavy atom. The zero-order valence-electron chi connectivity index (χ0n) is 16.7. The second kappa shape index (κ2) is 8.35. The largest absolute Gasteiger partial charge is 0.459 e. The highest BCUT2D eigenvalue weighted by molar-refractivity contribution is 5.66. The molecule has 0 aromatic rings. The van der Waals surface area contributed by atoms with Crippen LogP contribution in [0.5, 0.6) is 0 Å². The van der Waals surface area contributed by atoms with Crippen molar-refractivity contribution >= 4 is 5.97 Å². The van der Waals surface area contributed by atoms with Crippen LogP contribution in [0.25, 0.3) is 0 Å². The van der Waals surface area contributed by atoms with Crippen molar-refractivity contribution in [1.29, 1.82) is 0 Å². The van der Waals surface area contributed by atoms with Crippen molar-refractivity contribution in [2.75, 3.05) is 0 Å². The SMILES string of the molecule is CC(=O)O[C@@H]1C/C(C(C)C)=C\C=C(/C)CC/C=C(\C)CC[C@@H]2O[C@]21C. The molecule has 0 unspecified atom stereocenters. The lowest BCUT2D eigenvalue weighted by atomic mass is 9.87. The summed E-state index contributed by atoms with van der Waals surface area (Å²) in [6.07, 6.45) is 11.7. The zero-order chi connectivity index (χ0) is 18.6. The van der Waals surface area contributed by atoms with Crippen LogP contribution in [0.3, 0.4) is 0 Å². The van der Waals surface area contributed by atoms with Crippen LogP contribution >= 0.6 is 0 Å². The minimum Gasteiger partial charge on any atom is -0.459 e.